The Morgan fingerprint density at radius 2 is 2.17 bits per heavy atom. The van der Waals surface area contributed by atoms with Crippen LogP contribution in [0.15, 0.2) is 0 Å². The number of aliphatic hydroxyl groups excluding tert-OH is 1. The first-order chi connectivity index (χ1) is 8.56. The number of aliphatic hydroxyl groups is 1. The van der Waals surface area contributed by atoms with Gasteiger partial charge in [-0.3, -0.25) is 9.69 Å². The molecule has 2 N–H and O–H groups in total. The number of likely N-dealkylation sites (tertiary alicyclic amines) is 1. The van der Waals surface area contributed by atoms with Crippen molar-refractivity contribution >= 4 is 5.97 Å². The van der Waals surface area contributed by atoms with Gasteiger partial charge in [-0.1, -0.05) is 19.8 Å². The van der Waals surface area contributed by atoms with Crippen LogP contribution < -0.4 is 0 Å². The summed E-state index contributed by atoms with van der Waals surface area (Å²) >= 11 is 0. The zero-order valence-electron chi connectivity index (χ0n) is 11.6. The maximum atomic E-state index is 10.5. The molecule has 0 aliphatic carbocycles. The number of hydrogen-bond donors (Lipinski definition) is 2. The second-order valence-corrected chi connectivity index (χ2v) is 5.44. The van der Waals surface area contributed by atoms with Gasteiger partial charge in [0.25, 0.3) is 0 Å². The fourth-order valence-electron chi connectivity index (χ4n) is 2.89. The Bertz CT molecular complexity index is 257. The smallest absolute Gasteiger partial charge is 0.303 e. The van der Waals surface area contributed by atoms with Crippen molar-refractivity contribution < 1.29 is 15.0 Å². The van der Waals surface area contributed by atoms with E-state index in [0.29, 0.717) is 12.5 Å². The lowest BCUT2D eigenvalue weighted by Crippen LogP contribution is -2.41. The van der Waals surface area contributed by atoms with E-state index in [9.17, 15) is 9.90 Å². The van der Waals surface area contributed by atoms with Crippen molar-refractivity contribution in [2.75, 3.05) is 6.54 Å². The molecule has 1 saturated heterocycles. The summed E-state index contributed by atoms with van der Waals surface area (Å²) in [6.07, 6.45) is 5.80. The van der Waals surface area contributed by atoms with E-state index in [1.807, 2.05) is 0 Å². The number of hydrogen-bond acceptors (Lipinski definition) is 3. The van der Waals surface area contributed by atoms with Crippen LogP contribution in [-0.2, 0) is 4.79 Å². The molecule has 0 aromatic rings. The van der Waals surface area contributed by atoms with Gasteiger partial charge in [0.15, 0.2) is 0 Å². The van der Waals surface area contributed by atoms with E-state index >= 15 is 0 Å². The van der Waals surface area contributed by atoms with Gasteiger partial charge >= 0.3 is 5.97 Å². The van der Waals surface area contributed by atoms with Gasteiger partial charge in [0.05, 0.1) is 6.10 Å². The van der Waals surface area contributed by atoms with E-state index in [4.69, 9.17) is 5.11 Å². The van der Waals surface area contributed by atoms with Gasteiger partial charge in [-0.05, 0) is 32.6 Å². The highest BCUT2D eigenvalue weighted by molar-refractivity contribution is 5.66. The zero-order valence-corrected chi connectivity index (χ0v) is 11.6. The second-order valence-electron chi connectivity index (χ2n) is 5.44. The number of unbranched alkanes of at least 4 members (excludes halogenated alkanes) is 1. The topological polar surface area (TPSA) is 60.8 Å². The van der Waals surface area contributed by atoms with Gasteiger partial charge in [0.1, 0.15) is 0 Å². The molecular weight excluding hydrogens is 230 g/mol. The summed E-state index contributed by atoms with van der Waals surface area (Å²) in [7, 11) is 0. The van der Waals surface area contributed by atoms with Gasteiger partial charge < -0.3 is 10.2 Å². The highest BCUT2D eigenvalue weighted by atomic mass is 16.4. The predicted molar refractivity (Wildman–Crippen MR) is 71.6 cm³/mol. The number of carboxylic acids is 1. The molecule has 0 radical (unpaired) electrons. The molecule has 1 unspecified atom stereocenters. The second kappa shape index (κ2) is 7.74. The molecule has 0 saturated carbocycles. The van der Waals surface area contributed by atoms with E-state index in [2.05, 4.69) is 18.7 Å². The summed E-state index contributed by atoms with van der Waals surface area (Å²) in [6.45, 7) is 5.36. The van der Waals surface area contributed by atoms with Crippen LogP contribution in [0.25, 0.3) is 0 Å². The van der Waals surface area contributed by atoms with Gasteiger partial charge in [0, 0.05) is 25.0 Å². The third kappa shape index (κ3) is 4.58. The highest BCUT2D eigenvalue weighted by Gasteiger charge is 2.34. The fourth-order valence-corrected chi connectivity index (χ4v) is 2.89. The first-order valence-electron chi connectivity index (χ1n) is 7.21. The molecule has 1 aliphatic heterocycles. The van der Waals surface area contributed by atoms with E-state index in [0.717, 1.165) is 19.4 Å². The maximum absolute atomic E-state index is 10.5. The molecule has 0 spiro atoms. The van der Waals surface area contributed by atoms with E-state index < -0.39 is 5.97 Å². The Morgan fingerprint density at radius 1 is 1.44 bits per heavy atom. The van der Waals surface area contributed by atoms with Crippen LogP contribution in [0, 0.1) is 0 Å². The Hall–Kier alpha value is -0.610. The first-order valence-corrected chi connectivity index (χ1v) is 7.21. The molecule has 4 nitrogen and oxygen atoms in total. The number of aliphatic carboxylic acids is 1. The summed E-state index contributed by atoms with van der Waals surface area (Å²) in [5.74, 6) is -0.743. The minimum atomic E-state index is -0.743. The molecule has 106 valence electrons. The van der Waals surface area contributed by atoms with Gasteiger partial charge in [-0.2, -0.15) is 0 Å². The van der Waals surface area contributed by atoms with Crippen LogP contribution in [0.5, 0.6) is 0 Å². The average molecular weight is 257 g/mol. The van der Waals surface area contributed by atoms with E-state index in [1.165, 1.54) is 19.3 Å². The molecule has 0 aromatic heterocycles. The van der Waals surface area contributed by atoms with E-state index in [1.54, 1.807) is 0 Å². The van der Waals surface area contributed by atoms with Crippen molar-refractivity contribution in [3.8, 4) is 0 Å². The van der Waals surface area contributed by atoms with Crippen molar-refractivity contribution in [3.63, 3.8) is 0 Å². The van der Waals surface area contributed by atoms with Crippen LogP contribution >= 0.6 is 0 Å². The predicted octanol–water partition coefficient (Wildman–Crippen LogP) is 2.26. The zero-order chi connectivity index (χ0) is 13.5. The number of rotatable bonds is 8. The molecule has 3 atom stereocenters. The quantitative estimate of drug-likeness (QED) is 0.700. The SMILES string of the molecule is CCCCC(C)N1CC[C@H](O)[C@H]1CCCC(=O)O. The lowest BCUT2D eigenvalue weighted by Gasteiger charge is -2.31. The molecule has 0 aromatic carbocycles. The Balaban J connectivity index is 2.42. The summed E-state index contributed by atoms with van der Waals surface area (Å²) < 4.78 is 0. The monoisotopic (exact) mass is 257 g/mol. The Kier molecular flexibility index (Phi) is 6.65. The highest BCUT2D eigenvalue weighted by Crippen LogP contribution is 2.26. The summed E-state index contributed by atoms with van der Waals surface area (Å²) in [6, 6.07) is 0.660. The Labute approximate surface area is 110 Å². The summed E-state index contributed by atoms with van der Waals surface area (Å²) in [4.78, 5) is 12.9. The maximum Gasteiger partial charge on any atom is 0.303 e. The molecule has 4 heteroatoms. The standard InChI is InChI=1S/C14H27NO3/c1-3-4-6-11(2)15-10-9-13(16)12(15)7-5-8-14(17)18/h11-13,16H,3-10H2,1-2H3,(H,17,18)/t11?,12-,13+/m1/s1. The number of carboxylic acid groups (broad SMARTS) is 1. The van der Waals surface area contributed by atoms with Crippen LogP contribution in [0.1, 0.15) is 58.8 Å². The van der Waals surface area contributed by atoms with Crippen molar-refractivity contribution in [3.05, 3.63) is 0 Å². The molecule has 1 aliphatic rings. The van der Waals surface area contributed by atoms with Crippen LogP contribution in [0.2, 0.25) is 0 Å². The molecular formula is C14H27NO3. The first kappa shape index (κ1) is 15.4. The number of carbonyl (C=O) groups is 1. The van der Waals surface area contributed by atoms with E-state index in [-0.39, 0.29) is 18.6 Å². The normalized spacial score (nSPS) is 26.4. The molecule has 0 amide bonds. The fraction of sp³-hybridized carbons (Fsp3) is 0.929. The minimum absolute atomic E-state index is 0.163. The third-order valence-electron chi connectivity index (χ3n) is 3.99. The third-order valence-corrected chi connectivity index (χ3v) is 3.99. The van der Waals surface area contributed by atoms with Crippen LogP contribution in [-0.4, -0.2) is 45.8 Å². The molecule has 1 rings (SSSR count). The summed E-state index contributed by atoms with van der Waals surface area (Å²) in [5, 5.41) is 18.7. The van der Waals surface area contributed by atoms with Crippen LogP contribution in [0.3, 0.4) is 0 Å². The van der Waals surface area contributed by atoms with Crippen molar-refractivity contribution in [2.45, 2.75) is 77.0 Å². The van der Waals surface area contributed by atoms with Gasteiger partial charge in [-0.15, -0.1) is 0 Å². The number of nitrogens with zero attached hydrogens (tertiary/aromatic N) is 1. The minimum Gasteiger partial charge on any atom is -0.481 e. The lowest BCUT2D eigenvalue weighted by molar-refractivity contribution is -0.137. The van der Waals surface area contributed by atoms with Crippen molar-refractivity contribution in [2.24, 2.45) is 0 Å². The lowest BCUT2D eigenvalue weighted by atomic mass is 10.0. The summed E-state index contributed by atoms with van der Waals surface area (Å²) in [5.41, 5.74) is 0. The molecule has 18 heavy (non-hydrogen) atoms. The van der Waals surface area contributed by atoms with Gasteiger partial charge in [0.2, 0.25) is 0 Å². The molecule has 0 bridgehead atoms. The van der Waals surface area contributed by atoms with Crippen molar-refractivity contribution in [1.29, 1.82) is 0 Å². The Morgan fingerprint density at radius 3 is 2.78 bits per heavy atom. The molecule has 1 heterocycles. The van der Waals surface area contributed by atoms with Crippen molar-refractivity contribution in [1.82, 2.24) is 4.90 Å². The average Bonchev–Trinajstić information content (AvgIpc) is 2.68. The molecule has 1 fully saturated rings. The van der Waals surface area contributed by atoms with Crippen LogP contribution in [0.4, 0.5) is 0 Å². The van der Waals surface area contributed by atoms with Gasteiger partial charge in [-0.25, -0.2) is 0 Å². The largest absolute Gasteiger partial charge is 0.481 e.